The van der Waals surface area contributed by atoms with Crippen LogP contribution in [0.5, 0.6) is 0 Å². The SMILES string of the molecule is C#CCN(CC1CC1)S(=O)(=O)c1ccc(CN)cc1. The molecule has 0 amide bonds. The lowest BCUT2D eigenvalue weighted by Gasteiger charge is -2.19. The number of rotatable bonds is 6. The third kappa shape index (κ3) is 3.35. The minimum atomic E-state index is -3.49. The fraction of sp³-hybridized carbons (Fsp3) is 0.429. The molecule has 19 heavy (non-hydrogen) atoms. The number of benzene rings is 1. The summed E-state index contributed by atoms with van der Waals surface area (Å²) >= 11 is 0. The highest BCUT2D eigenvalue weighted by molar-refractivity contribution is 7.89. The second kappa shape index (κ2) is 5.74. The zero-order chi connectivity index (χ0) is 13.9. The molecule has 2 N–H and O–H groups in total. The molecule has 0 radical (unpaired) electrons. The van der Waals surface area contributed by atoms with Gasteiger partial charge in [-0.05, 0) is 36.5 Å². The van der Waals surface area contributed by atoms with Gasteiger partial charge in [-0.2, -0.15) is 4.31 Å². The van der Waals surface area contributed by atoms with Gasteiger partial charge in [-0.15, -0.1) is 6.42 Å². The van der Waals surface area contributed by atoms with Crippen LogP contribution in [0.15, 0.2) is 29.2 Å². The van der Waals surface area contributed by atoms with E-state index in [0.717, 1.165) is 18.4 Å². The Morgan fingerprint density at radius 3 is 2.42 bits per heavy atom. The molecule has 0 unspecified atom stereocenters. The Kier molecular flexibility index (Phi) is 4.25. The molecule has 0 bridgehead atoms. The monoisotopic (exact) mass is 278 g/mol. The molecule has 4 nitrogen and oxygen atoms in total. The van der Waals surface area contributed by atoms with Crippen LogP contribution in [-0.2, 0) is 16.6 Å². The van der Waals surface area contributed by atoms with E-state index in [4.69, 9.17) is 12.2 Å². The lowest BCUT2D eigenvalue weighted by Crippen LogP contribution is -2.33. The largest absolute Gasteiger partial charge is 0.326 e. The molecular weight excluding hydrogens is 260 g/mol. The molecule has 0 aromatic heterocycles. The van der Waals surface area contributed by atoms with Crippen LogP contribution in [0.25, 0.3) is 0 Å². The number of nitrogens with two attached hydrogens (primary N) is 1. The van der Waals surface area contributed by atoms with Gasteiger partial charge >= 0.3 is 0 Å². The van der Waals surface area contributed by atoms with Crippen molar-refractivity contribution in [1.29, 1.82) is 0 Å². The summed E-state index contributed by atoms with van der Waals surface area (Å²) in [6.07, 6.45) is 7.45. The van der Waals surface area contributed by atoms with Crippen molar-refractivity contribution in [2.24, 2.45) is 11.7 Å². The van der Waals surface area contributed by atoms with Crippen molar-refractivity contribution in [3.05, 3.63) is 29.8 Å². The number of sulfonamides is 1. The predicted molar refractivity (Wildman–Crippen MR) is 74.6 cm³/mol. The Labute approximate surface area is 114 Å². The van der Waals surface area contributed by atoms with Crippen molar-refractivity contribution in [3.8, 4) is 12.3 Å². The maximum atomic E-state index is 12.5. The van der Waals surface area contributed by atoms with E-state index in [-0.39, 0.29) is 11.4 Å². The Balaban J connectivity index is 2.23. The standard InChI is InChI=1S/C14H18N2O2S/c1-2-9-16(11-13-3-4-13)19(17,18)14-7-5-12(10-15)6-8-14/h1,5-8,13H,3-4,9-11,15H2. The molecule has 0 saturated heterocycles. The van der Waals surface area contributed by atoms with Crippen LogP contribution in [0.3, 0.4) is 0 Å². The summed E-state index contributed by atoms with van der Waals surface area (Å²) in [5.74, 6) is 2.89. The van der Waals surface area contributed by atoms with Gasteiger partial charge in [0.05, 0.1) is 11.4 Å². The van der Waals surface area contributed by atoms with Crippen LogP contribution in [0.4, 0.5) is 0 Å². The van der Waals surface area contributed by atoms with E-state index in [1.165, 1.54) is 4.31 Å². The molecule has 1 fully saturated rings. The van der Waals surface area contributed by atoms with Crippen LogP contribution in [-0.4, -0.2) is 25.8 Å². The van der Waals surface area contributed by atoms with E-state index in [2.05, 4.69) is 5.92 Å². The molecule has 0 spiro atoms. The number of terminal acetylenes is 1. The summed E-state index contributed by atoms with van der Waals surface area (Å²) in [5.41, 5.74) is 6.41. The molecular formula is C14H18N2O2S. The molecule has 0 heterocycles. The second-order valence-electron chi connectivity index (χ2n) is 4.79. The Hall–Kier alpha value is -1.35. The average molecular weight is 278 g/mol. The van der Waals surface area contributed by atoms with Crippen molar-refractivity contribution >= 4 is 10.0 Å². The van der Waals surface area contributed by atoms with Crippen LogP contribution in [0.2, 0.25) is 0 Å². The predicted octanol–water partition coefficient (Wildman–Crippen LogP) is 1.18. The lowest BCUT2D eigenvalue weighted by molar-refractivity contribution is 0.430. The van der Waals surface area contributed by atoms with Crippen molar-refractivity contribution < 1.29 is 8.42 Å². The molecule has 1 aliphatic rings. The first kappa shape index (κ1) is 14.1. The minimum absolute atomic E-state index is 0.122. The molecule has 102 valence electrons. The van der Waals surface area contributed by atoms with E-state index >= 15 is 0 Å². The van der Waals surface area contributed by atoms with Gasteiger partial charge in [-0.3, -0.25) is 0 Å². The molecule has 1 aromatic carbocycles. The van der Waals surface area contributed by atoms with E-state index in [0.29, 0.717) is 19.0 Å². The molecule has 1 saturated carbocycles. The Morgan fingerprint density at radius 1 is 1.32 bits per heavy atom. The summed E-state index contributed by atoms with van der Waals surface area (Å²) in [4.78, 5) is 0.278. The fourth-order valence-electron chi connectivity index (χ4n) is 1.88. The quantitative estimate of drug-likeness (QED) is 0.795. The average Bonchev–Trinajstić information content (AvgIpc) is 3.22. The first-order valence-electron chi connectivity index (χ1n) is 6.30. The normalized spacial score (nSPS) is 15.4. The van der Waals surface area contributed by atoms with Gasteiger partial charge in [0.15, 0.2) is 0 Å². The number of nitrogens with zero attached hydrogens (tertiary/aromatic N) is 1. The van der Waals surface area contributed by atoms with Gasteiger partial charge in [0, 0.05) is 13.1 Å². The van der Waals surface area contributed by atoms with E-state index < -0.39 is 10.0 Å². The zero-order valence-corrected chi connectivity index (χ0v) is 11.6. The third-order valence-corrected chi connectivity index (χ3v) is 5.05. The summed E-state index contributed by atoms with van der Waals surface area (Å²) in [5, 5.41) is 0. The van der Waals surface area contributed by atoms with Crippen molar-refractivity contribution in [2.45, 2.75) is 24.3 Å². The zero-order valence-electron chi connectivity index (χ0n) is 10.7. The van der Waals surface area contributed by atoms with Gasteiger partial charge < -0.3 is 5.73 Å². The second-order valence-corrected chi connectivity index (χ2v) is 6.73. The maximum Gasteiger partial charge on any atom is 0.243 e. The minimum Gasteiger partial charge on any atom is -0.326 e. The van der Waals surface area contributed by atoms with E-state index in [1.54, 1.807) is 24.3 Å². The lowest BCUT2D eigenvalue weighted by atomic mass is 10.2. The van der Waals surface area contributed by atoms with Gasteiger partial charge in [0.2, 0.25) is 10.0 Å². The third-order valence-electron chi connectivity index (χ3n) is 3.22. The van der Waals surface area contributed by atoms with Crippen LogP contribution in [0.1, 0.15) is 18.4 Å². The Bertz CT molecular complexity index is 568. The maximum absolute atomic E-state index is 12.5. The highest BCUT2D eigenvalue weighted by Crippen LogP contribution is 2.31. The van der Waals surface area contributed by atoms with Crippen LogP contribution < -0.4 is 5.73 Å². The van der Waals surface area contributed by atoms with Crippen molar-refractivity contribution in [2.75, 3.05) is 13.1 Å². The highest BCUT2D eigenvalue weighted by Gasteiger charge is 2.31. The topological polar surface area (TPSA) is 63.4 Å². The molecule has 2 rings (SSSR count). The smallest absolute Gasteiger partial charge is 0.243 e. The fourth-order valence-corrected chi connectivity index (χ4v) is 3.31. The summed E-state index contributed by atoms with van der Waals surface area (Å²) in [7, 11) is -3.49. The first-order chi connectivity index (χ1) is 9.07. The number of hydrogen-bond donors (Lipinski definition) is 1. The van der Waals surface area contributed by atoms with Gasteiger partial charge in [0.1, 0.15) is 0 Å². The van der Waals surface area contributed by atoms with Crippen LogP contribution in [0, 0.1) is 18.3 Å². The molecule has 0 atom stereocenters. The van der Waals surface area contributed by atoms with E-state index in [1.807, 2.05) is 0 Å². The number of hydrogen-bond acceptors (Lipinski definition) is 3. The first-order valence-corrected chi connectivity index (χ1v) is 7.74. The van der Waals surface area contributed by atoms with Crippen LogP contribution >= 0.6 is 0 Å². The van der Waals surface area contributed by atoms with Gasteiger partial charge in [-0.25, -0.2) is 8.42 Å². The van der Waals surface area contributed by atoms with E-state index in [9.17, 15) is 8.42 Å². The molecule has 1 aromatic rings. The van der Waals surface area contributed by atoms with Gasteiger partial charge in [-0.1, -0.05) is 18.1 Å². The van der Waals surface area contributed by atoms with Crippen molar-refractivity contribution in [3.63, 3.8) is 0 Å². The summed E-state index contributed by atoms with van der Waals surface area (Å²) in [6.45, 7) is 1.04. The highest BCUT2D eigenvalue weighted by atomic mass is 32.2. The Morgan fingerprint density at radius 2 is 1.95 bits per heavy atom. The summed E-state index contributed by atoms with van der Waals surface area (Å²) in [6, 6.07) is 6.65. The molecule has 5 heteroatoms. The van der Waals surface area contributed by atoms with Crippen molar-refractivity contribution in [1.82, 2.24) is 4.31 Å². The molecule has 0 aliphatic heterocycles. The summed E-state index contributed by atoms with van der Waals surface area (Å²) < 4.78 is 26.4. The molecule has 1 aliphatic carbocycles. The van der Waals surface area contributed by atoms with Gasteiger partial charge in [0.25, 0.3) is 0 Å².